The van der Waals surface area contributed by atoms with Crippen molar-refractivity contribution in [2.75, 3.05) is 11.9 Å². The minimum Gasteiger partial charge on any atom is -0.370 e. The fourth-order valence-electron chi connectivity index (χ4n) is 1.65. The molecule has 1 fully saturated rings. The summed E-state index contributed by atoms with van der Waals surface area (Å²) in [6, 6.07) is 2.09. The van der Waals surface area contributed by atoms with Gasteiger partial charge in [-0.3, -0.25) is 0 Å². The van der Waals surface area contributed by atoms with Crippen LogP contribution in [0.3, 0.4) is 0 Å². The van der Waals surface area contributed by atoms with Crippen LogP contribution in [0.2, 0.25) is 0 Å². The Labute approximate surface area is 97.7 Å². The summed E-state index contributed by atoms with van der Waals surface area (Å²) < 4.78 is 0. The average molecular weight is 219 g/mol. The van der Waals surface area contributed by atoms with Gasteiger partial charge in [-0.2, -0.15) is 0 Å². The van der Waals surface area contributed by atoms with Gasteiger partial charge in [-0.1, -0.05) is 20.8 Å². The Hall–Kier alpha value is -1.12. The van der Waals surface area contributed by atoms with Crippen LogP contribution in [0, 0.1) is 0 Å². The van der Waals surface area contributed by atoms with Crippen LogP contribution in [0.1, 0.15) is 63.4 Å². The lowest BCUT2D eigenvalue weighted by Gasteiger charge is -2.11. The Morgan fingerprint density at radius 3 is 2.69 bits per heavy atom. The molecule has 1 aromatic rings. The standard InChI is InChI=1S/C13H21N3/c1-4-7-14-12-8-11(9(2)3)15-13(16-12)10-5-6-10/h8-10H,4-7H2,1-3H3,(H,14,15,16). The van der Waals surface area contributed by atoms with Crippen LogP contribution in [0.5, 0.6) is 0 Å². The molecular formula is C13H21N3. The van der Waals surface area contributed by atoms with E-state index in [1.54, 1.807) is 0 Å². The highest BCUT2D eigenvalue weighted by Crippen LogP contribution is 2.38. The van der Waals surface area contributed by atoms with Crippen LogP contribution in [0.25, 0.3) is 0 Å². The van der Waals surface area contributed by atoms with E-state index in [2.05, 4.69) is 42.1 Å². The number of nitrogens with one attached hydrogen (secondary N) is 1. The maximum Gasteiger partial charge on any atom is 0.134 e. The summed E-state index contributed by atoms with van der Waals surface area (Å²) in [5, 5.41) is 3.36. The Morgan fingerprint density at radius 2 is 2.12 bits per heavy atom. The highest BCUT2D eigenvalue weighted by atomic mass is 15.0. The quantitative estimate of drug-likeness (QED) is 0.825. The van der Waals surface area contributed by atoms with Crippen molar-refractivity contribution < 1.29 is 0 Å². The highest BCUT2D eigenvalue weighted by molar-refractivity contribution is 5.37. The van der Waals surface area contributed by atoms with Gasteiger partial charge in [0.05, 0.1) is 0 Å². The van der Waals surface area contributed by atoms with E-state index in [1.807, 2.05) is 0 Å². The average Bonchev–Trinajstić information content (AvgIpc) is 3.09. The predicted octanol–water partition coefficient (Wildman–Crippen LogP) is 3.30. The third-order valence-electron chi connectivity index (χ3n) is 2.85. The largest absolute Gasteiger partial charge is 0.370 e. The molecule has 0 aromatic carbocycles. The van der Waals surface area contributed by atoms with E-state index in [9.17, 15) is 0 Å². The second-order valence-corrected chi connectivity index (χ2v) is 4.89. The van der Waals surface area contributed by atoms with Crippen molar-refractivity contribution >= 4 is 5.82 Å². The maximum absolute atomic E-state index is 4.65. The van der Waals surface area contributed by atoms with Gasteiger partial charge < -0.3 is 5.32 Å². The number of hydrogen-bond donors (Lipinski definition) is 1. The first-order chi connectivity index (χ1) is 7.70. The second kappa shape index (κ2) is 4.81. The van der Waals surface area contributed by atoms with Gasteiger partial charge in [-0.25, -0.2) is 9.97 Å². The minimum absolute atomic E-state index is 0.475. The molecule has 2 rings (SSSR count). The van der Waals surface area contributed by atoms with Crippen molar-refractivity contribution in [3.63, 3.8) is 0 Å². The Bertz CT molecular complexity index is 336. The van der Waals surface area contributed by atoms with Crippen molar-refractivity contribution in [1.82, 2.24) is 9.97 Å². The summed E-state index contributed by atoms with van der Waals surface area (Å²) in [7, 11) is 0. The molecule has 1 heterocycles. The molecule has 88 valence electrons. The van der Waals surface area contributed by atoms with E-state index in [0.29, 0.717) is 11.8 Å². The summed E-state index contributed by atoms with van der Waals surface area (Å²) in [4.78, 5) is 9.24. The van der Waals surface area contributed by atoms with Crippen LogP contribution in [0.15, 0.2) is 6.07 Å². The van der Waals surface area contributed by atoms with Crippen LogP contribution >= 0.6 is 0 Å². The molecule has 1 saturated carbocycles. The van der Waals surface area contributed by atoms with E-state index in [-0.39, 0.29) is 0 Å². The molecule has 0 saturated heterocycles. The molecule has 1 aromatic heterocycles. The molecule has 0 unspecified atom stereocenters. The van der Waals surface area contributed by atoms with E-state index < -0.39 is 0 Å². The molecule has 1 aliphatic carbocycles. The fraction of sp³-hybridized carbons (Fsp3) is 0.692. The molecule has 1 N–H and O–H groups in total. The predicted molar refractivity (Wildman–Crippen MR) is 66.9 cm³/mol. The molecule has 0 atom stereocenters. The van der Waals surface area contributed by atoms with Crippen molar-refractivity contribution in [2.24, 2.45) is 0 Å². The van der Waals surface area contributed by atoms with Crippen LogP contribution < -0.4 is 5.32 Å². The van der Waals surface area contributed by atoms with Crippen molar-refractivity contribution in [1.29, 1.82) is 0 Å². The number of anilines is 1. The summed E-state index contributed by atoms with van der Waals surface area (Å²) >= 11 is 0. The molecule has 0 amide bonds. The topological polar surface area (TPSA) is 37.8 Å². The van der Waals surface area contributed by atoms with Gasteiger partial charge >= 0.3 is 0 Å². The lowest BCUT2D eigenvalue weighted by molar-refractivity contribution is 0.782. The summed E-state index contributed by atoms with van der Waals surface area (Å²) in [6.45, 7) is 7.52. The maximum atomic E-state index is 4.65. The van der Waals surface area contributed by atoms with Gasteiger partial charge in [-0.05, 0) is 25.2 Å². The normalized spacial score (nSPS) is 15.5. The third kappa shape index (κ3) is 2.71. The summed E-state index contributed by atoms with van der Waals surface area (Å²) in [6.07, 6.45) is 3.64. The van der Waals surface area contributed by atoms with Crippen molar-refractivity contribution in [3.8, 4) is 0 Å². The van der Waals surface area contributed by atoms with Crippen LogP contribution in [0.4, 0.5) is 5.82 Å². The zero-order chi connectivity index (χ0) is 11.5. The molecule has 0 radical (unpaired) electrons. The van der Waals surface area contributed by atoms with Crippen molar-refractivity contribution in [2.45, 2.75) is 51.9 Å². The SMILES string of the molecule is CCCNc1cc(C(C)C)nc(C2CC2)n1. The zero-order valence-corrected chi connectivity index (χ0v) is 10.5. The van der Waals surface area contributed by atoms with Gasteiger partial charge in [0, 0.05) is 24.2 Å². The lowest BCUT2D eigenvalue weighted by Crippen LogP contribution is -2.07. The van der Waals surface area contributed by atoms with Crippen LogP contribution in [-0.2, 0) is 0 Å². The molecule has 16 heavy (non-hydrogen) atoms. The number of aromatic nitrogens is 2. The van der Waals surface area contributed by atoms with E-state index in [0.717, 1.165) is 30.3 Å². The Balaban J connectivity index is 2.21. The first-order valence-electron chi connectivity index (χ1n) is 6.33. The monoisotopic (exact) mass is 219 g/mol. The van der Waals surface area contributed by atoms with E-state index >= 15 is 0 Å². The molecular weight excluding hydrogens is 198 g/mol. The van der Waals surface area contributed by atoms with Gasteiger partial charge in [0.2, 0.25) is 0 Å². The highest BCUT2D eigenvalue weighted by Gasteiger charge is 2.27. The molecule has 3 heteroatoms. The first-order valence-corrected chi connectivity index (χ1v) is 6.33. The lowest BCUT2D eigenvalue weighted by atomic mass is 10.1. The van der Waals surface area contributed by atoms with Crippen molar-refractivity contribution in [3.05, 3.63) is 17.6 Å². The zero-order valence-electron chi connectivity index (χ0n) is 10.5. The fourth-order valence-corrected chi connectivity index (χ4v) is 1.65. The smallest absolute Gasteiger partial charge is 0.134 e. The van der Waals surface area contributed by atoms with Gasteiger partial charge in [-0.15, -0.1) is 0 Å². The number of nitrogens with zero attached hydrogens (tertiary/aromatic N) is 2. The Morgan fingerprint density at radius 1 is 1.38 bits per heavy atom. The summed E-state index contributed by atoms with van der Waals surface area (Å²) in [5.41, 5.74) is 1.16. The first kappa shape index (κ1) is 11.4. The van der Waals surface area contributed by atoms with Crippen LogP contribution in [-0.4, -0.2) is 16.5 Å². The molecule has 0 bridgehead atoms. The third-order valence-corrected chi connectivity index (χ3v) is 2.85. The Kier molecular flexibility index (Phi) is 3.42. The van der Waals surface area contributed by atoms with E-state index in [1.165, 1.54) is 12.8 Å². The van der Waals surface area contributed by atoms with E-state index in [4.69, 9.17) is 0 Å². The molecule has 1 aliphatic rings. The second-order valence-electron chi connectivity index (χ2n) is 4.89. The van der Waals surface area contributed by atoms with Gasteiger partial charge in [0.15, 0.2) is 0 Å². The summed E-state index contributed by atoms with van der Waals surface area (Å²) in [5.74, 6) is 3.15. The molecule has 3 nitrogen and oxygen atoms in total. The number of rotatable bonds is 5. The molecule has 0 aliphatic heterocycles. The van der Waals surface area contributed by atoms with Gasteiger partial charge in [0.25, 0.3) is 0 Å². The molecule has 0 spiro atoms. The number of hydrogen-bond acceptors (Lipinski definition) is 3. The minimum atomic E-state index is 0.475. The van der Waals surface area contributed by atoms with Gasteiger partial charge in [0.1, 0.15) is 11.6 Å².